The van der Waals surface area contributed by atoms with Gasteiger partial charge >= 0.3 is 0 Å². The first kappa shape index (κ1) is 11.2. The first-order valence-corrected chi connectivity index (χ1v) is 5.92. The van der Waals surface area contributed by atoms with Crippen molar-refractivity contribution in [3.63, 3.8) is 0 Å². The molecule has 0 saturated heterocycles. The zero-order valence-electron chi connectivity index (χ0n) is 8.61. The molecule has 1 amide bonds. The number of rotatable bonds is 3. The first-order valence-electron chi connectivity index (χ1n) is 4.66. The van der Waals surface area contributed by atoms with Crippen molar-refractivity contribution < 1.29 is 4.79 Å². The normalized spacial score (nSPS) is 10.4. The number of thiophene rings is 1. The Bertz CT molecular complexity index is 492. The SMILES string of the molecule is Cn1cc(Cl)c(C(=O)NCc2cccs2)n1. The number of aromatic nitrogens is 2. The Labute approximate surface area is 102 Å². The average molecular weight is 256 g/mol. The Hall–Kier alpha value is -1.33. The molecule has 0 atom stereocenters. The van der Waals surface area contributed by atoms with E-state index in [1.807, 2.05) is 17.5 Å². The molecule has 0 spiro atoms. The van der Waals surface area contributed by atoms with Crippen LogP contribution < -0.4 is 5.32 Å². The van der Waals surface area contributed by atoms with Crippen molar-refractivity contribution in [3.05, 3.63) is 39.3 Å². The maximum atomic E-state index is 11.7. The Morgan fingerprint density at radius 3 is 3.06 bits per heavy atom. The van der Waals surface area contributed by atoms with Gasteiger partial charge in [0.2, 0.25) is 0 Å². The van der Waals surface area contributed by atoms with Gasteiger partial charge in [-0.2, -0.15) is 5.10 Å². The monoisotopic (exact) mass is 255 g/mol. The van der Waals surface area contributed by atoms with Crippen LogP contribution in [0.1, 0.15) is 15.4 Å². The Kier molecular flexibility index (Phi) is 3.26. The molecule has 0 aliphatic heterocycles. The van der Waals surface area contributed by atoms with Crippen LogP contribution in [-0.2, 0) is 13.6 Å². The van der Waals surface area contributed by atoms with E-state index in [4.69, 9.17) is 11.6 Å². The van der Waals surface area contributed by atoms with Gasteiger partial charge in [-0.1, -0.05) is 17.7 Å². The van der Waals surface area contributed by atoms with E-state index in [-0.39, 0.29) is 11.6 Å². The predicted octanol–water partition coefficient (Wildman–Crippen LogP) is 2.06. The van der Waals surface area contributed by atoms with Crippen LogP contribution in [-0.4, -0.2) is 15.7 Å². The van der Waals surface area contributed by atoms with Gasteiger partial charge < -0.3 is 5.32 Å². The van der Waals surface area contributed by atoms with Gasteiger partial charge in [0.15, 0.2) is 5.69 Å². The molecule has 0 aliphatic rings. The van der Waals surface area contributed by atoms with Gasteiger partial charge in [0.1, 0.15) is 0 Å². The highest BCUT2D eigenvalue weighted by molar-refractivity contribution is 7.09. The lowest BCUT2D eigenvalue weighted by atomic mass is 10.4. The van der Waals surface area contributed by atoms with E-state index in [0.717, 1.165) is 4.88 Å². The topological polar surface area (TPSA) is 46.9 Å². The number of halogens is 1. The highest BCUT2D eigenvalue weighted by atomic mass is 35.5. The zero-order chi connectivity index (χ0) is 11.5. The van der Waals surface area contributed by atoms with Crippen LogP contribution in [0.2, 0.25) is 5.02 Å². The molecule has 0 aliphatic carbocycles. The lowest BCUT2D eigenvalue weighted by Crippen LogP contribution is -2.23. The maximum Gasteiger partial charge on any atom is 0.273 e. The number of nitrogens with zero attached hydrogens (tertiary/aromatic N) is 2. The summed E-state index contributed by atoms with van der Waals surface area (Å²) in [6.45, 7) is 0.503. The number of carbonyl (C=O) groups is 1. The highest BCUT2D eigenvalue weighted by Crippen LogP contribution is 2.13. The van der Waals surface area contributed by atoms with Crippen LogP contribution >= 0.6 is 22.9 Å². The minimum Gasteiger partial charge on any atom is -0.346 e. The van der Waals surface area contributed by atoms with Gasteiger partial charge in [-0.3, -0.25) is 9.48 Å². The summed E-state index contributed by atoms with van der Waals surface area (Å²) in [5, 5.41) is 9.09. The van der Waals surface area contributed by atoms with E-state index in [0.29, 0.717) is 11.6 Å². The molecule has 84 valence electrons. The lowest BCUT2D eigenvalue weighted by Gasteiger charge is -2.00. The standard InChI is InChI=1S/C10H10ClN3OS/c1-14-6-8(11)9(13-14)10(15)12-5-7-3-2-4-16-7/h2-4,6H,5H2,1H3,(H,12,15). The molecule has 2 rings (SSSR count). The summed E-state index contributed by atoms with van der Waals surface area (Å²) in [5.74, 6) is -0.251. The number of hydrogen-bond acceptors (Lipinski definition) is 3. The molecule has 0 unspecified atom stereocenters. The second-order valence-electron chi connectivity index (χ2n) is 3.26. The van der Waals surface area contributed by atoms with E-state index in [1.165, 1.54) is 4.68 Å². The fourth-order valence-corrected chi connectivity index (χ4v) is 2.19. The third kappa shape index (κ3) is 2.43. The second kappa shape index (κ2) is 4.67. The summed E-state index contributed by atoms with van der Waals surface area (Å²) in [6, 6.07) is 3.91. The molecule has 0 radical (unpaired) electrons. The molecular formula is C10H10ClN3OS. The van der Waals surface area contributed by atoms with Gasteiger partial charge in [-0.15, -0.1) is 11.3 Å². The Balaban J connectivity index is 2.01. The van der Waals surface area contributed by atoms with Crippen LogP contribution in [0.15, 0.2) is 23.7 Å². The van der Waals surface area contributed by atoms with E-state index in [2.05, 4.69) is 10.4 Å². The summed E-state index contributed by atoms with van der Waals surface area (Å²) < 4.78 is 1.52. The molecule has 6 heteroatoms. The summed E-state index contributed by atoms with van der Waals surface area (Å²) in [5.41, 5.74) is 0.265. The minimum atomic E-state index is -0.251. The van der Waals surface area contributed by atoms with Crippen LogP contribution in [0.5, 0.6) is 0 Å². The van der Waals surface area contributed by atoms with Crippen molar-refractivity contribution in [2.75, 3.05) is 0 Å². The summed E-state index contributed by atoms with van der Waals surface area (Å²) in [6.07, 6.45) is 1.60. The molecule has 16 heavy (non-hydrogen) atoms. The van der Waals surface area contributed by atoms with Crippen LogP contribution in [0.25, 0.3) is 0 Å². The molecule has 2 aromatic rings. The number of amides is 1. The third-order valence-electron chi connectivity index (χ3n) is 2.00. The number of carbonyl (C=O) groups excluding carboxylic acids is 1. The number of hydrogen-bond donors (Lipinski definition) is 1. The first-order chi connectivity index (χ1) is 7.66. The molecule has 0 fully saturated rings. The molecule has 4 nitrogen and oxygen atoms in total. The van der Waals surface area contributed by atoms with Crippen LogP contribution in [0.3, 0.4) is 0 Å². The molecule has 0 bridgehead atoms. The van der Waals surface area contributed by atoms with Gasteiger partial charge in [0, 0.05) is 18.1 Å². The van der Waals surface area contributed by atoms with Crippen LogP contribution in [0, 0.1) is 0 Å². The van der Waals surface area contributed by atoms with E-state index in [1.54, 1.807) is 24.6 Å². The fraction of sp³-hybridized carbons (Fsp3) is 0.200. The van der Waals surface area contributed by atoms with Crippen molar-refractivity contribution in [3.8, 4) is 0 Å². The molecule has 0 aromatic carbocycles. The average Bonchev–Trinajstić information content (AvgIpc) is 2.84. The highest BCUT2D eigenvalue weighted by Gasteiger charge is 2.14. The van der Waals surface area contributed by atoms with Gasteiger partial charge in [0.25, 0.3) is 5.91 Å². The lowest BCUT2D eigenvalue weighted by molar-refractivity contribution is 0.0945. The largest absolute Gasteiger partial charge is 0.346 e. The number of nitrogens with one attached hydrogen (secondary N) is 1. The molecular weight excluding hydrogens is 246 g/mol. The molecule has 2 heterocycles. The van der Waals surface area contributed by atoms with Crippen molar-refractivity contribution in [2.45, 2.75) is 6.54 Å². The second-order valence-corrected chi connectivity index (χ2v) is 4.70. The van der Waals surface area contributed by atoms with E-state index in [9.17, 15) is 4.79 Å². The van der Waals surface area contributed by atoms with Gasteiger partial charge in [0.05, 0.1) is 11.6 Å². The molecule has 0 saturated carbocycles. The Morgan fingerprint density at radius 2 is 2.50 bits per heavy atom. The number of aryl methyl sites for hydroxylation is 1. The maximum absolute atomic E-state index is 11.7. The predicted molar refractivity (Wildman–Crippen MR) is 63.7 cm³/mol. The van der Waals surface area contributed by atoms with Gasteiger partial charge in [-0.05, 0) is 11.4 Å². The summed E-state index contributed by atoms with van der Waals surface area (Å²) >= 11 is 7.46. The third-order valence-corrected chi connectivity index (χ3v) is 3.16. The fourth-order valence-electron chi connectivity index (χ4n) is 1.28. The van der Waals surface area contributed by atoms with E-state index >= 15 is 0 Å². The quantitative estimate of drug-likeness (QED) is 0.913. The van der Waals surface area contributed by atoms with Crippen molar-refractivity contribution in [1.29, 1.82) is 0 Å². The van der Waals surface area contributed by atoms with Crippen molar-refractivity contribution in [2.24, 2.45) is 7.05 Å². The summed E-state index contributed by atoms with van der Waals surface area (Å²) in [4.78, 5) is 12.8. The van der Waals surface area contributed by atoms with E-state index < -0.39 is 0 Å². The molecule has 1 N–H and O–H groups in total. The van der Waals surface area contributed by atoms with Crippen molar-refractivity contribution in [1.82, 2.24) is 15.1 Å². The summed E-state index contributed by atoms with van der Waals surface area (Å²) in [7, 11) is 1.72. The van der Waals surface area contributed by atoms with Crippen molar-refractivity contribution >= 4 is 28.8 Å². The smallest absolute Gasteiger partial charge is 0.273 e. The van der Waals surface area contributed by atoms with Crippen LogP contribution in [0.4, 0.5) is 0 Å². The minimum absolute atomic E-state index is 0.251. The van der Waals surface area contributed by atoms with Gasteiger partial charge in [-0.25, -0.2) is 0 Å². The Morgan fingerprint density at radius 1 is 1.69 bits per heavy atom. The molecule has 2 aromatic heterocycles. The zero-order valence-corrected chi connectivity index (χ0v) is 10.2.